The standard InChI is InChI=1S/C14H22N4S2/c1-3-6-11-12-13(17(2)16-11)18(14(19)15-12)9-10-7-4-5-8-20-10/h10H,3-9H2,1-2H3,(H,15,19). The second kappa shape index (κ2) is 5.93. The first kappa shape index (κ1) is 14.2. The van der Waals surface area contributed by atoms with Crippen LogP contribution in [0, 0.1) is 4.77 Å². The SMILES string of the molecule is CCCc1nn(C)c2c1[nH]c(=S)n2CC1CCCCS1. The molecule has 0 amide bonds. The number of hydrogen-bond acceptors (Lipinski definition) is 3. The number of hydrogen-bond donors (Lipinski definition) is 1. The van der Waals surface area contributed by atoms with Gasteiger partial charge in [-0.05, 0) is 37.2 Å². The van der Waals surface area contributed by atoms with E-state index < -0.39 is 0 Å². The maximum atomic E-state index is 5.54. The molecule has 1 atom stereocenters. The lowest BCUT2D eigenvalue weighted by molar-refractivity contribution is 0.577. The second-order valence-electron chi connectivity index (χ2n) is 5.55. The largest absolute Gasteiger partial charge is 0.328 e. The molecule has 3 heterocycles. The number of imidazole rings is 1. The lowest BCUT2D eigenvalue weighted by atomic mass is 10.2. The lowest BCUT2D eigenvalue weighted by Gasteiger charge is -2.21. The fourth-order valence-electron chi connectivity index (χ4n) is 3.01. The van der Waals surface area contributed by atoms with E-state index in [2.05, 4.69) is 33.3 Å². The van der Waals surface area contributed by atoms with Crippen LogP contribution in [0.25, 0.3) is 11.2 Å². The molecule has 0 radical (unpaired) electrons. The van der Waals surface area contributed by atoms with Crippen molar-refractivity contribution in [2.45, 2.75) is 50.8 Å². The van der Waals surface area contributed by atoms with Crippen LogP contribution in [-0.4, -0.2) is 30.3 Å². The van der Waals surface area contributed by atoms with Crippen LogP contribution in [0.2, 0.25) is 0 Å². The van der Waals surface area contributed by atoms with Gasteiger partial charge < -0.3 is 9.55 Å². The number of rotatable bonds is 4. The van der Waals surface area contributed by atoms with Gasteiger partial charge in [-0.1, -0.05) is 19.8 Å². The van der Waals surface area contributed by atoms with Gasteiger partial charge in [0.25, 0.3) is 0 Å². The molecule has 2 aromatic heterocycles. The molecule has 1 N–H and O–H groups in total. The quantitative estimate of drug-likeness (QED) is 0.876. The van der Waals surface area contributed by atoms with E-state index in [0.717, 1.165) is 41.0 Å². The zero-order valence-electron chi connectivity index (χ0n) is 12.2. The minimum absolute atomic E-state index is 0.693. The number of fused-ring (bicyclic) bond motifs is 1. The van der Waals surface area contributed by atoms with Crippen LogP contribution in [0.5, 0.6) is 0 Å². The van der Waals surface area contributed by atoms with Crippen molar-refractivity contribution in [3.63, 3.8) is 0 Å². The second-order valence-corrected chi connectivity index (χ2v) is 7.34. The van der Waals surface area contributed by atoms with Crippen molar-refractivity contribution in [3.05, 3.63) is 10.5 Å². The highest BCUT2D eigenvalue weighted by Crippen LogP contribution is 2.28. The number of aromatic nitrogens is 4. The van der Waals surface area contributed by atoms with E-state index in [0.29, 0.717) is 5.25 Å². The molecule has 2 aromatic rings. The van der Waals surface area contributed by atoms with Crippen LogP contribution in [0.15, 0.2) is 0 Å². The molecule has 0 bridgehead atoms. The maximum Gasteiger partial charge on any atom is 0.179 e. The van der Waals surface area contributed by atoms with Crippen molar-refractivity contribution in [3.8, 4) is 0 Å². The van der Waals surface area contributed by atoms with Gasteiger partial charge in [0.05, 0.1) is 5.69 Å². The van der Waals surface area contributed by atoms with Crippen molar-refractivity contribution in [1.29, 1.82) is 0 Å². The Morgan fingerprint density at radius 1 is 1.45 bits per heavy atom. The third-order valence-electron chi connectivity index (χ3n) is 3.97. The topological polar surface area (TPSA) is 38.5 Å². The van der Waals surface area contributed by atoms with E-state index in [1.54, 1.807) is 0 Å². The summed E-state index contributed by atoms with van der Waals surface area (Å²) in [5, 5.41) is 5.34. The van der Waals surface area contributed by atoms with Gasteiger partial charge in [0.2, 0.25) is 0 Å². The molecule has 0 aromatic carbocycles. The highest BCUT2D eigenvalue weighted by molar-refractivity contribution is 7.99. The fraction of sp³-hybridized carbons (Fsp3) is 0.714. The van der Waals surface area contributed by atoms with Crippen molar-refractivity contribution < 1.29 is 0 Å². The summed E-state index contributed by atoms with van der Waals surface area (Å²) >= 11 is 7.63. The van der Waals surface area contributed by atoms with Crippen LogP contribution in [-0.2, 0) is 20.0 Å². The van der Waals surface area contributed by atoms with E-state index in [-0.39, 0.29) is 0 Å². The Kier molecular flexibility index (Phi) is 4.21. The molecule has 0 aliphatic carbocycles. The summed E-state index contributed by atoms with van der Waals surface area (Å²) in [5.41, 5.74) is 3.44. The monoisotopic (exact) mass is 310 g/mol. The van der Waals surface area contributed by atoms with E-state index in [1.807, 2.05) is 11.7 Å². The molecule has 4 nitrogen and oxygen atoms in total. The average Bonchev–Trinajstić information content (AvgIpc) is 2.91. The number of H-pyrrole nitrogens is 1. The molecule has 6 heteroatoms. The molecule has 3 rings (SSSR count). The molecule has 1 aliphatic heterocycles. The Morgan fingerprint density at radius 2 is 2.30 bits per heavy atom. The van der Waals surface area contributed by atoms with Gasteiger partial charge in [-0.25, -0.2) is 0 Å². The van der Waals surface area contributed by atoms with Gasteiger partial charge in [-0.15, -0.1) is 0 Å². The Labute approximate surface area is 128 Å². The average molecular weight is 310 g/mol. The zero-order chi connectivity index (χ0) is 14.1. The van der Waals surface area contributed by atoms with Gasteiger partial charge in [-0.3, -0.25) is 4.68 Å². The molecule has 1 unspecified atom stereocenters. The van der Waals surface area contributed by atoms with Gasteiger partial charge in [0, 0.05) is 18.8 Å². The summed E-state index contributed by atoms with van der Waals surface area (Å²) in [6.45, 7) is 3.19. The molecule has 1 saturated heterocycles. The lowest BCUT2D eigenvalue weighted by Crippen LogP contribution is -2.18. The summed E-state index contributed by atoms with van der Waals surface area (Å²) in [6, 6.07) is 0. The van der Waals surface area contributed by atoms with Crippen LogP contribution in [0.4, 0.5) is 0 Å². The number of nitrogens with zero attached hydrogens (tertiary/aromatic N) is 3. The Hall–Kier alpha value is -0.750. The van der Waals surface area contributed by atoms with E-state index in [1.165, 1.54) is 25.0 Å². The number of nitrogens with one attached hydrogen (secondary N) is 1. The summed E-state index contributed by atoms with van der Waals surface area (Å²) in [5.74, 6) is 1.29. The maximum absolute atomic E-state index is 5.54. The third-order valence-corrected chi connectivity index (χ3v) is 5.67. The Morgan fingerprint density at radius 3 is 3.00 bits per heavy atom. The van der Waals surface area contributed by atoms with Crippen LogP contribution < -0.4 is 0 Å². The van der Waals surface area contributed by atoms with Crippen LogP contribution in [0.1, 0.15) is 38.3 Å². The van der Waals surface area contributed by atoms with Crippen molar-refractivity contribution in [1.82, 2.24) is 19.3 Å². The smallest absolute Gasteiger partial charge is 0.179 e. The van der Waals surface area contributed by atoms with Crippen molar-refractivity contribution in [2.24, 2.45) is 7.05 Å². The summed E-state index contributed by atoms with van der Waals surface area (Å²) in [4.78, 5) is 3.38. The molecule has 1 aliphatic rings. The van der Waals surface area contributed by atoms with Crippen molar-refractivity contribution >= 4 is 35.1 Å². The highest BCUT2D eigenvalue weighted by atomic mass is 32.2. The first-order chi connectivity index (χ1) is 9.70. The summed E-state index contributed by atoms with van der Waals surface area (Å²) in [7, 11) is 2.02. The van der Waals surface area contributed by atoms with Gasteiger partial charge in [0.1, 0.15) is 5.52 Å². The predicted octanol–water partition coefficient (Wildman–Crippen LogP) is 3.67. The molecule has 1 fully saturated rings. The van der Waals surface area contributed by atoms with Crippen molar-refractivity contribution in [2.75, 3.05) is 5.75 Å². The third kappa shape index (κ3) is 2.55. The number of aryl methyl sites for hydroxylation is 2. The van der Waals surface area contributed by atoms with E-state index in [4.69, 9.17) is 12.2 Å². The number of aromatic amines is 1. The summed E-state index contributed by atoms with van der Waals surface area (Å²) in [6.07, 6.45) is 6.13. The Bertz CT molecular complexity index is 646. The van der Waals surface area contributed by atoms with Gasteiger partial charge in [0.15, 0.2) is 10.4 Å². The molecule has 0 saturated carbocycles. The zero-order valence-corrected chi connectivity index (χ0v) is 13.8. The van der Waals surface area contributed by atoms with Crippen LogP contribution in [0.3, 0.4) is 0 Å². The normalized spacial score (nSPS) is 19.8. The fourth-order valence-corrected chi connectivity index (χ4v) is 4.57. The molecule has 0 spiro atoms. The molecular weight excluding hydrogens is 288 g/mol. The summed E-state index contributed by atoms with van der Waals surface area (Å²) < 4.78 is 5.08. The molecular formula is C14H22N4S2. The van der Waals surface area contributed by atoms with Gasteiger partial charge >= 0.3 is 0 Å². The van der Waals surface area contributed by atoms with Gasteiger partial charge in [-0.2, -0.15) is 16.9 Å². The predicted molar refractivity (Wildman–Crippen MR) is 88.0 cm³/mol. The van der Waals surface area contributed by atoms with E-state index >= 15 is 0 Å². The first-order valence-electron chi connectivity index (χ1n) is 7.46. The molecule has 20 heavy (non-hydrogen) atoms. The number of thioether (sulfide) groups is 1. The van der Waals surface area contributed by atoms with Crippen LogP contribution >= 0.6 is 24.0 Å². The first-order valence-corrected chi connectivity index (χ1v) is 8.92. The Balaban J connectivity index is 1.97. The molecule has 110 valence electrons. The highest BCUT2D eigenvalue weighted by Gasteiger charge is 2.19. The van der Waals surface area contributed by atoms with E-state index in [9.17, 15) is 0 Å². The minimum Gasteiger partial charge on any atom is -0.328 e. The minimum atomic E-state index is 0.693.